The van der Waals surface area contributed by atoms with Crippen molar-refractivity contribution in [2.45, 2.75) is 32.7 Å². The van der Waals surface area contributed by atoms with E-state index in [9.17, 15) is 4.79 Å². The van der Waals surface area contributed by atoms with Crippen LogP contribution in [0.2, 0.25) is 0 Å². The summed E-state index contributed by atoms with van der Waals surface area (Å²) in [6.07, 6.45) is 2.15. The topological polar surface area (TPSA) is 55.6 Å². The summed E-state index contributed by atoms with van der Waals surface area (Å²) in [5.74, 6) is 1.09. The lowest BCUT2D eigenvalue weighted by Gasteiger charge is -2.28. The average Bonchev–Trinajstić information content (AvgIpc) is 2.87. The Hall–Kier alpha value is -1.71. The Labute approximate surface area is 114 Å². The lowest BCUT2D eigenvalue weighted by molar-refractivity contribution is 0.0698. The molecule has 104 valence electrons. The predicted molar refractivity (Wildman–Crippen MR) is 76.3 cm³/mol. The van der Waals surface area contributed by atoms with Crippen molar-refractivity contribution >= 4 is 11.6 Å². The molecule has 2 rings (SSSR count). The number of ether oxygens (including phenoxy) is 1. The SMILES string of the molecule is COc1ccc(N)cc1C(=O)N1CCCC1C(C)C. The van der Waals surface area contributed by atoms with Gasteiger partial charge in [0.1, 0.15) is 5.75 Å². The number of carbonyl (C=O) groups excluding carboxylic acids is 1. The molecule has 0 radical (unpaired) electrons. The molecular formula is C15H22N2O2. The number of anilines is 1. The van der Waals surface area contributed by atoms with Gasteiger partial charge in [0, 0.05) is 18.3 Å². The summed E-state index contributed by atoms with van der Waals surface area (Å²) in [5, 5.41) is 0. The van der Waals surface area contributed by atoms with E-state index in [1.54, 1.807) is 25.3 Å². The Morgan fingerprint density at radius 1 is 1.47 bits per heavy atom. The van der Waals surface area contributed by atoms with E-state index in [1.807, 2.05) is 4.90 Å². The second-order valence-electron chi connectivity index (χ2n) is 5.41. The summed E-state index contributed by atoms with van der Waals surface area (Å²) in [4.78, 5) is 14.6. The molecule has 1 aromatic rings. The molecule has 1 aliphatic heterocycles. The largest absolute Gasteiger partial charge is 0.496 e. The summed E-state index contributed by atoms with van der Waals surface area (Å²) in [7, 11) is 1.58. The average molecular weight is 262 g/mol. The van der Waals surface area contributed by atoms with E-state index in [2.05, 4.69) is 13.8 Å². The lowest BCUT2D eigenvalue weighted by Crippen LogP contribution is -2.38. The highest BCUT2D eigenvalue weighted by atomic mass is 16.5. The van der Waals surface area contributed by atoms with Crippen LogP contribution in [0.1, 0.15) is 37.0 Å². The number of rotatable bonds is 3. The van der Waals surface area contributed by atoms with Crippen molar-refractivity contribution in [3.63, 3.8) is 0 Å². The normalized spacial score (nSPS) is 18.9. The summed E-state index contributed by atoms with van der Waals surface area (Å²) in [6, 6.07) is 5.53. The number of methoxy groups -OCH3 is 1. The number of nitrogens with two attached hydrogens (primary N) is 1. The number of nitrogen functional groups attached to an aromatic ring is 1. The van der Waals surface area contributed by atoms with Crippen LogP contribution in [0.3, 0.4) is 0 Å². The first kappa shape index (κ1) is 13.7. The Morgan fingerprint density at radius 2 is 2.21 bits per heavy atom. The minimum Gasteiger partial charge on any atom is -0.496 e. The van der Waals surface area contributed by atoms with Crippen molar-refractivity contribution < 1.29 is 9.53 Å². The fourth-order valence-electron chi connectivity index (χ4n) is 2.79. The highest BCUT2D eigenvalue weighted by Crippen LogP contribution is 2.29. The number of hydrogen-bond acceptors (Lipinski definition) is 3. The van der Waals surface area contributed by atoms with Gasteiger partial charge >= 0.3 is 0 Å². The first-order valence-electron chi connectivity index (χ1n) is 6.79. The highest BCUT2D eigenvalue weighted by Gasteiger charge is 2.32. The van der Waals surface area contributed by atoms with Crippen LogP contribution in [0.15, 0.2) is 18.2 Å². The van der Waals surface area contributed by atoms with Gasteiger partial charge in [0.05, 0.1) is 12.7 Å². The van der Waals surface area contributed by atoms with Crippen molar-refractivity contribution in [3.8, 4) is 5.75 Å². The van der Waals surface area contributed by atoms with E-state index >= 15 is 0 Å². The van der Waals surface area contributed by atoms with Gasteiger partial charge in [-0.15, -0.1) is 0 Å². The van der Waals surface area contributed by atoms with Crippen LogP contribution >= 0.6 is 0 Å². The van der Waals surface area contributed by atoms with Crippen molar-refractivity contribution in [2.24, 2.45) is 5.92 Å². The fourth-order valence-corrected chi connectivity index (χ4v) is 2.79. The molecule has 0 bridgehead atoms. The smallest absolute Gasteiger partial charge is 0.257 e. The van der Waals surface area contributed by atoms with E-state index in [0.717, 1.165) is 19.4 Å². The van der Waals surface area contributed by atoms with Gasteiger partial charge in [-0.3, -0.25) is 4.79 Å². The zero-order valence-corrected chi connectivity index (χ0v) is 11.8. The van der Waals surface area contributed by atoms with Crippen LogP contribution < -0.4 is 10.5 Å². The number of hydrogen-bond donors (Lipinski definition) is 1. The molecule has 4 heteroatoms. The van der Waals surface area contributed by atoms with Gasteiger partial charge in [-0.2, -0.15) is 0 Å². The fraction of sp³-hybridized carbons (Fsp3) is 0.533. The van der Waals surface area contributed by atoms with Crippen molar-refractivity contribution in [1.29, 1.82) is 0 Å². The minimum atomic E-state index is 0.0281. The molecule has 0 aromatic heterocycles. The molecule has 1 heterocycles. The number of nitrogens with zero attached hydrogens (tertiary/aromatic N) is 1. The second-order valence-corrected chi connectivity index (χ2v) is 5.41. The molecule has 4 nitrogen and oxygen atoms in total. The number of benzene rings is 1. The van der Waals surface area contributed by atoms with Crippen molar-refractivity contribution in [1.82, 2.24) is 4.90 Å². The molecule has 1 amide bonds. The highest BCUT2D eigenvalue weighted by molar-refractivity contribution is 5.98. The van der Waals surface area contributed by atoms with E-state index in [1.165, 1.54) is 0 Å². The van der Waals surface area contributed by atoms with E-state index in [-0.39, 0.29) is 5.91 Å². The first-order valence-corrected chi connectivity index (χ1v) is 6.79. The van der Waals surface area contributed by atoms with Crippen LogP contribution in [0, 0.1) is 5.92 Å². The molecule has 1 fully saturated rings. The zero-order chi connectivity index (χ0) is 14.0. The summed E-state index contributed by atoms with van der Waals surface area (Å²) in [6.45, 7) is 5.14. The molecule has 1 unspecified atom stereocenters. The van der Waals surface area contributed by atoms with E-state index in [4.69, 9.17) is 10.5 Å². The monoisotopic (exact) mass is 262 g/mol. The van der Waals surface area contributed by atoms with Gasteiger partial charge in [0.25, 0.3) is 5.91 Å². The number of amides is 1. The van der Waals surface area contributed by atoms with Crippen LogP contribution in [0.4, 0.5) is 5.69 Å². The van der Waals surface area contributed by atoms with Crippen LogP contribution in [0.25, 0.3) is 0 Å². The third-order valence-corrected chi connectivity index (χ3v) is 3.78. The third kappa shape index (κ3) is 2.67. The lowest BCUT2D eigenvalue weighted by atomic mass is 10.0. The summed E-state index contributed by atoms with van der Waals surface area (Å²) >= 11 is 0. The molecule has 19 heavy (non-hydrogen) atoms. The van der Waals surface area contributed by atoms with Crippen LogP contribution in [0.5, 0.6) is 5.75 Å². The van der Waals surface area contributed by atoms with Crippen LogP contribution in [-0.2, 0) is 0 Å². The maximum atomic E-state index is 12.7. The van der Waals surface area contributed by atoms with Gasteiger partial charge in [0.15, 0.2) is 0 Å². The van der Waals surface area contributed by atoms with Gasteiger partial charge in [-0.1, -0.05) is 13.8 Å². The molecule has 2 N–H and O–H groups in total. The number of likely N-dealkylation sites (tertiary alicyclic amines) is 1. The minimum absolute atomic E-state index is 0.0281. The number of carbonyl (C=O) groups is 1. The summed E-state index contributed by atoms with van der Waals surface area (Å²) < 4.78 is 5.27. The predicted octanol–water partition coefficient (Wildman–Crippen LogP) is 2.54. The molecule has 0 saturated carbocycles. The molecule has 1 saturated heterocycles. The van der Waals surface area contributed by atoms with E-state index in [0.29, 0.717) is 29.0 Å². The Balaban J connectivity index is 2.31. The standard InChI is InChI=1S/C15H22N2O2/c1-10(2)13-5-4-8-17(13)15(18)12-9-11(16)6-7-14(12)19-3/h6-7,9-10,13H,4-5,8,16H2,1-3H3. The van der Waals surface area contributed by atoms with Gasteiger partial charge < -0.3 is 15.4 Å². The quantitative estimate of drug-likeness (QED) is 0.852. The molecule has 1 atom stereocenters. The first-order chi connectivity index (χ1) is 9.04. The van der Waals surface area contributed by atoms with E-state index < -0.39 is 0 Å². The van der Waals surface area contributed by atoms with Crippen molar-refractivity contribution in [2.75, 3.05) is 19.4 Å². The van der Waals surface area contributed by atoms with Gasteiger partial charge in [0.2, 0.25) is 0 Å². The Bertz CT molecular complexity index is 471. The Morgan fingerprint density at radius 3 is 2.84 bits per heavy atom. The Kier molecular flexibility index (Phi) is 3.98. The maximum Gasteiger partial charge on any atom is 0.257 e. The molecular weight excluding hydrogens is 240 g/mol. The zero-order valence-electron chi connectivity index (χ0n) is 11.8. The third-order valence-electron chi connectivity index (χ3n) is 3.78. The molecule has 0 aliphatic carbocycles. The molecule has 1 aromatic carbocycles. The molecule has 1 aliphatic rings. The van der Waals surface area contributed by atoms with Gasteiger partial charge in [-0.05, 0) is 37.0 Å². The second kappa shape index (κ2) is 5.51. The van der Waals surface area contributed by atoms with Crippen molar-refractivity contribution in [3.05, 3.63) is 23.8 Å². The molecule has 0 spiro atoms. The van der Waals surface area contributed by atoms with Gasteiger partial charge in [-0.25, -0.2) is 0 Å². The maximum absolute atomic E-state index is 12.7. The summed E-state index contributed by atoms with van der Waals surface area (Å²) in [5.41, 5.74) is 6.94. The van der Waals surface area contributed by atoms with Crippen LogP contribution in [-0.4, -0.2) is 30.5 Å².